The van der Waals surface area contributed by atoms with Gasteiger partial charge in [-0.15, -0.1) is 0 Å². The maximum absolute atomic E-state index is 13.9. The third-order valence-electron chi connectivity index (χ3n) is 3.30. The highest BCUT2D eigenvalue weighted by atomic mass is 19.1. The summed E-state index contributed by atoms with van der Waals surface area (Å²) in [6.07, 6.45) is 0. The summed E-state index contributed by atoms with van der Waals surface area (Å²) >= 11 is 0. The predicted octanol–water partition coefficient (Wildman–Crippen LogP) is 0.498. The monoisotopic (exact) mass is 332 g/mol. The zero-order chi connectivity index (χ0) is 17.9. The second kappa shape index (κ2) is 7.03. The van der Waals surface area contributed by atoms with Gasteiger partial charge in [0.2, 0.25) is 11.3 Å². The lowest BCUT2D eigenvalue weighted by atomic mass is 10.2. The zero-order valence-electron chi connectivity index (χ0n) is 13.5. The van der Waals surface area contributed by atoms with Gasteiger partial charge in [-0.3, -0.25) is 14.4 Å². The van der Waals surface area contributed by atoms with Gasteiger partial charge < -0.3 is 10.2 Å². The van der Waals surface area contributed by atoms with E-state index in [0.717, 1.165) is 0 Å². The summed E-state index contributed by atoms with van der Waals surface area (Å²) in [5, 5.41) is 6.29. The molecule has 0 unspecified atom stereocenters. The number of nitrogens with zero attached hydrogens (tertiary/aromatic N) is 3. The van der Waals surface area contributed by atoms with Crippen molar-refractivity contribution in [2.45, 2.75) is 6.92 Å². The quantitative estimate of drug-likeness (QED) is 0.883. The molecule has 126 valence electrons. The van der Waals surface area contributed by atoms with Gasteiger partial charge in [0.1, 0.15) is 11.5 Å². The van der Waals surface area contributed by atoms with Crippen molar-refractivity contribution in [2.75, 3.05) is 20.6 Å². The minimum atomic E-state index is -0.791. The Hall–Kier alpha value is -3.03. The molecule has 1 heterocycles. The topological polar surface area (TPSA) is 84.3 Å². The van der Waals surface area contributed by atoms with Crippen molar-refractivity contribution in [1.82, 2.24) is 20.0 Å². The van der Waals surface area contributed by atoms with Crippen LogP contribution in [0.2, 0.25) is 0 Å². The first-order valence-electron chi connectivity index (χ1n) is 7.15. The number of hydrogen-bond donors (Lipinski definition) is 1. The average molecular weight is 332 g/mol. The molecule has 0 atom stereocenters. The van der Waals surface area contributed by atoms with Crippen molar-refractivity contribution < 1.29 is 14.0 Å². The van der Waals surface area contributed by atoms with E-state index in [1.165, 1.54) is 33.8 Å². The molecular weight excluding hydrogens is 315 g/mol. The van der Waals surface area contributed by atoms with Crippen LogP contribution in [0.1, 0.15) is 16.2 Å². The van der Waals surface area contributed by atoms with E-state index in [1.54, 1.807) is 27.1 Å². The molecule has 0 aliphatic heterocycles. The van der Waals surface area contributed by atoms with Crippen LogP contribution in [0.4, 0.5) is 4.39 Å². The van der Waals surface area contributed by atoms with Crippen LogP contribution in [0, 0.1) is 12.7 Å². The van der Waals surface area contributed by atoms with E-state index in [1.807, 2.05) is 0 Å². The van der Waals surface area contributed by atoms with Gasteiger partial charge in [-0.1, -0.05) is 12.1 Å². The van der Waals surface area contributed by atoms with Gasteiger partial charge in [-0.25, -0.2) is 9.07 Å². The minimum Gasteiger partial charge on any atom is -0.347 e. The minimum absolute atomic E-state index is 0.119. The molecule has 1 aromatic carbocycles. The van der Waals surface area contributed by atoms with Crippen molar-refractivity contribution in [2.24, 2.45) is 0 Å². The lowest BCUT2D eigenvalue weighted by molar-refractivity contribution is -0.127. The summed E-state index contributed by atoms with van der Waals surface area (Å²) < 4.78 is 15.1. The average Bonchev–Trinajstić information content (AvgIpc) is 2.53. The molecule has 8 heteroatoms. The number of carbonyl (C=O) groups excluding carboxylic acids is 2. The number of halogens is 1. The van der Waals surface area contributed by atoms with E-state index >= 15 is 0 Å². The summed E-state index contributed by atoms with van der Waals surface area (Å²) in [7, 11) is 3.09. The van der Waals surface area contributed by atoms with Crippen LogP contribution < -0.4 is 10.7 Å². The van der Waals surface area contributed by atoms with Crippen LogP contribution in [0.3, 0.4) is 0 Å². The first-order chi connectivity index (χ1) is 11.3. The number of amides is 2. The number of hydrogen-bond acceptors (Lipinski definition) is 4. The largest absolute Gasteiger partial charge is 0.347 e. The number of aromatic nitrogens is 2. The van der Waals surface area contributed by atoms with E-state index in [4.69, 9.17) is 0 Å². The van der Waals surface area contributed by atoms with Crippen LogP contribution >= 0.6 is 0 Å². The van der Waals surface area contributed by atoms with Crippen LogP contribution in [-0.4, -0.2) is 47.1 Å². The Morgan fingerprint density at radius 3 is 2.58 bits per heavy atom. The van der Waals surface area contributed by atoms with Gasteiger partial charge in [0.05, 0.1) is 6.54 Å². The zero-order valence-corrected chi connectivity index (χ0v) is 13.5. The highest BCUT2D eigenvalue weighted by Crippen LogP contribution is 2.12. The molecule has 2 aromatic rings. The van der Waals surface area contributed by atoms with Crippen molar-refractivity contribution in [1.29, 1.82) is 0 Å². The van der Waals surface area contributed by atoms with Crippen LogP contribution in [0.25, 0.3) is 5.69 Å². The fourth-order valence-electron chi connectivity index (χ4n) is 1.97. The summed E-state index contributed by atoms with van der Waals surface area (Å²) in [5.41, 5.74) is -0.510. The number of nitrogens with one attached hydrogen (secondary N) is 1. The maximum Gasteiger partial charge on any atom is 0.276 e. The Labute approximate surface area is 137 Å². The Balaban J connectivity index is 2.37. The SMILES string of the molecule is Cc1cc(=O)c(C(=O)NCC(=O)N(C)C)nn1-c1ccccc1F. The third kappa shape index (κ3) is 3.65. The van der Waals surface area contributed by atoms with Gasteiger partial charge in [0.25, 0.3) is 5.91 Å². The van der Waals surface area contributed by atoms with Crippen molar-refractivity contribution in [3.63, 3.8) is 0 Å². The van der Waals surface area contributed by atoms with Gasteiger partial charge in [-0.05, 0) is 19.1 Å². The number of para-hydroxylation sites is 1. The molecule has 0 aliphatic carbocycles. The Kier molecular flexibility index (Phi) is 5.08. The highest BCUT2D eigenvalue weighted by Gasteiger charge is 2.17. The van der Waals surface area contributed by atoms with E-state index < -0.39 is 22.8 Å². The second-order valence-corrected chi connectivity index (χ2v) is 5.33. The molecule has 0 spiro atoms. The highest BCUT2D eigenvalue weighted by molar-refractivity contribution is 5.94. The summed E-state index contributed by atoms with van der Waals surface area (Å²) in [6.45, 7) is 1.32. The van der Waals surface area contributed by atoms with Gasteiger partial charge >= 0.3 is 0 Å². The lowest BCUT2D eigenvalue weighted by Crippen LogP contribution is -2.39. The number of benzene rings is 1. The number of carbonyl (C=O) groups is 2. The molecule has 0 bridgehead atoms. The van der Waals surface area contributed by atoms with Crippen molar-refractivity contribution >= 4 is 11.8 Å². The molecule has 0 fully saturated rings. The lowest BCUT2D eigenvalue weighted by Gasteiger charge is -2.13. The summed E-state index contributed by atoms with van der Waals surface area (Å²) in [6, 6.07) is 7.08. The molecule has 0 saturated heterocycles. The standard InChI is InChI=1S/C16H17FN4O3/c1-10-8-13(22)15(16(24)18-9-14(23)20(2)3)19-21(10)12-7-5-4-6-11(12)17/h4-8H,9H2,1-3H3,(H,18,24). The molecule has 24 heavy (non-hydrogen) atoms. The smallest absolute Gasteiger partial charge is 0.276 e. The number of likely N-dealkylation sites (N-methyl/N-ethyl adjacent to an activating group) is 1. The van der Waals surface area contributed by atoms with E-state index in [9.17, 15) is 18.8 Å². The maximum atomic E-state index is 13.9. The molecular formula is C16H17FN4O3. The van der Waals surface area contributed by atoms with E-state index in [-0.39, 0.29) is 18.1 Å². The first kappa shape index (κ1) is 17.3. The fourth-order valence-corrected chi connectivity index (χ4v) is 1.97. The normalized spacial score (nSPS) is 10.3. The summed E-state index contributed by atoms with van der Waals surface area (Å²) in [5.74, 6) is -1.66. The Morgan fingerprint density at radius 2 is 1.96 bits per heavy atom. The van der Waals surface area contributed by atoms with Crippen molar-refractivity contribution in [3.05, 3.63) is 57.8 Å². The molecule has 7 nitrogen and oxygen atoms in total. The number of rotatable bonds is 4. The van der Waals surface area contributed by atoms with Crippen molar-refractivity contribution in [3.8, 4) is 5.69 Å². The van der Waals surface area contributed by atoms with Gasteiger partial charge in [-0.2, -0.15) is 5.10 Å². The molecule has 1 aromatic heterocycles. The van der Waals surface area contributed by atoms with Gasteiger partial charge in [0.15, 0.2) is 5.69 Å². The Bertz CT molecular complexity index is 845. The van der Waals surface area contributed by atoms with Crippen LogP contribution in [0.5, 0.6) is 0 Å². The van der Waals surface area contributed by atoms with E-state index in [0.29, 0.717) is 5.69 Å². The fraction of sp³-hybridized carbons (Fsp3) is 0.250. The molecule has 2 rings (SSSR count). The molecule has 0 saturated carbocycles. The van der Waals surface area contributed by atoms with Gasteiger partial charge in [0, 0.05) is 25.9 Å². The molecule has 0 aliphatic rings. The predicted molar refractivity (Wildman–Crippen MR) is 85.6 cm³/mol. The van der Waals surface area contributed by atoms with Crippen LogP contribution in [0.15, 0.2) is 35.1 Å². The molecule has 1 N–H and O–H groups in total. The number of aryl methyl sites for hydroxylation is 1. The third-order valence-corrected chi connectivity index (χ3v) is 3.30. The first-order valence-corrected chi connectivity index (χ1v) is 7.15. The second-order valence-electron chi connectivity index (χ2n) is 5.33. The molecule has 0 radical (unpaired) electrons. The summed E-state index contributed by atoms with van der Waals surface area (Å²) in [4.78, 5) is 36.9. The van der Waals surface area contributed by atoms with E-state index in [2.05, 4.69) is 10.4 Å². The van der Waals surface area contributed by atoms with Crippen LogP contribution in [-0.2, 0) is 4.79 Å². The Morgan fingerprint density at radius 1 is 1.29 bits per heavy atom. The molecule has 2 amide bonds.